The molecule has 0 unspecified atom stereocenters. The standard InChI is InChI=1S/C21H44.C17H34O2/c1-3-5-7-9-11-13-15-17-19-21-20-18-16-14-12-10-8-6-4-2;1-2-3-4-5-6-7-8-9-10-11-12-13-14-15-16-17(18)19/h3-21H2,1-2H3;2-16H2,1H3,(H,18,19). The molecule has 0 rings (SSSR count). The Morgan fingerprint density at radius 3 is 0.600 bits per heavy atom. The highest BCUT2D eigenvalue weighted by atomic mass is 16.4. The number of aliphatic carboxylic acids is 1. The molecule has 0 saturated heterocycles. The van der Waals surface area contributed by atoms with Gasteiger partial charge in [-0.1, -0.05) is 226 Å². The quantitative estimate of drug-likeness (QED) is 0.0802. The molecule has 242 valence electrons. The average Bonchev–Trinajstić information content (AvgIpc) is 2.95. The Morgan fingerprint density at radius 1 is 0.300 bits per heavy atom. The third kappa shape index (κ3) is 44.5. The van der Waals surface area contributed by atoms with Gasteiger partial charge in [-0.15, -0.1) is 0 Å². The van der Waals surface area contributed by atoms with Gasteiger partial charge in [0.15, 0.2) is 0 Å². The van der Waals surface area contributed by atoms with Gasteiger partial charge in [-0.05, 0) is 6.42 Å². The topological polar surface area (TPSA) is 37.3 Å². The first-order valence-corrected chi connectivity index (χ1v) is 18.9. The summed E-state index contributed by atoms with van der Waals surface area (Å²) in [5.41, 5.74) is 0. The lowest BCUT2D eigenvalue weighted by Crippen LogP contribution is -1.93. The van der Waals surface area contributed by atoms with Crippen molar-refractivity contribution >= 4 is 5.97 Å². The van der Waals surface area contributed by atoms with Crippen LogP contribution in [0.25, 0.3) is 0 Å². The number of hydrogen-bond acceptors (Lipinski definition) is 1. The van der Waals surface area contributed by atoms with Crippen LogP contribution in [0, 0.1) is 0 Å². The van der Waals surface area contributed by atoms with Crippen LogP contribution in [0.15, 0.2) is 0 Å². The number of unbranched alkanes of at least 4 members (excludes halogenated alkanes) is 31. The Kier molecular flexibility index (Phi) is 42.2. The molecular formula is C38H78O2. The first-order valence-electron chi connectivity index (χ1n) is 18.9. The minimum atomic E-state index is -0.654. The molecule has 0 heterocycles. The van der Waals surface area contributed by atoms with Gasteiger partial charge in [0.05, 0.1) is 0 Å². The highest BCUT2D eigenvalue weighted by molar-refractivity contribution is 5.66. The molecule has 0 amide bonds. The number of carboxylic acids is 1. The summed E-state index contributed by atoms with van der Waals surface area (Å²) in [5, 5.41) is 8.50. The fourth-order valence-corrected chi connectivity index (χ4v) is 5.62. The van der Waals surface area contributed by atoms with Gasteiger partial charge in [-0.25, -0.2) is 0 Å². The van der Waals surface area contributed by atoms with E-state index in [2.05, 4.69) is 20.8 Å². The monoisotopic (exact) mass is 567 g/mol. The maximum absolute atomic E-state index is 10.3. The first-order chi connectivity index (χ1) is 19.7. The molecule has 40 heavy (non-hydrogen) atoms. The highest BCUT2D eigenvalue weighted by Crippen LogP contribution is 2.15. The Balaban J connectivity index is 0. The van der Waals surface area contributed by atoms with E-state index in [4.69, 9.17) is 5.11 Å². The van der Waals surface area contributed by atoms with Gasteiger partial charge < -0.3 is 5.11 Å². The van der Waals surface area contributed by atoms with Crippen LogP contribution in [-0.2, 0) is 4.79 Å². The smallest absolute Gasteiger partial charge is 0.303 e. The Hall–Kier alpha value is -0.530. The summed E-state index contributed by atoms with van der Waals surface area (Å²) in [6.45, 7) is 6.86. The Morgan fingerprint density at radius 2 is 0.450 bits per heavy atom. The van der Waals surface area contributed by atoms with Gasteiger partial charge in [0, 0.05) is 6.42 Å². The second-order valence-corrected chi connectivity index (χ2v) is 12.8. The fraction of sp³-hybridized carbons (Fsp3) is 0.974. The zero-order chi connectivity index (χ0) is 29.6. The molecule has 0 atom stereocenters. The van der Waals surface area contributed by atoms with Crippen LogP contribution < -0.4 is 0 Å². The number of hydrogen-bond donors (Lipinski definition) is 1. The van der Waals surface area contributed by atoms with Crippen LogP contribution in [0.5, 0.6) is 0 Å². The summed E-state index contributed by atoms with van der Waals surface area (Å²) in [4.78, 5) is 10.3. The van der Waals surface area contributed by atoms with E-state index < -0.39 is 5.97 Å². The zero-order valence-corrected chi connectivity index (χ0v) is 28.4. The molecular weight excluding hydrogens is 488 g/mol. The molecule has 2 heteroatoms. The second-order valence-electron chi connectivity index (χ2n) is 12.8. The summed E-state index contributed by atoms with van der Waals surface area (Å²) in [5.74, 6) is -0.654. The lowest BCUT2D eigenvalue weighted by atomic mass is 10.0. The molecule has 1 N–H and O–H groups in total. The van der Waals surface area contributed by atoms with E-state index in [1.807, 2.05) is 0 Å². The maximum Gasteiger partial charge on any atom is 0.303 e. The molecule has 0 aromatic carbocycles. The lowest BCUT2D eigenvalue weighted by Gasteiger charge is -2.03. The van der Waals surface area contributed by atoms with Crippen molar-refractivity contribution in [3.8, 4) is 0 Å². The molecule has 0 spiro atoms. The van der Waals surface area contributed by atoms with Crippen LogP contribution in [0.2, 0.25) is 0 Å². The molecule has 0 aliphatic carbocycles. The molecule has 0 bridgehead atoms. The molecule has 2 nitrogen and oxygen atoms in total. The summed E-state index contributed by atoms with van der Waals surface area (Å²) in [6, 6.07) is 0. The SMILES string of the molecule is CCCCCCCCCCCCCCCCC(=O)O.CCCCCCCCCCCCCCCCCCCCC. The molecule has 0 saturated carbocycles. The van der Waals surface area contributed by atoms with Crippen molar-refractivity contribution in [1.29, 1.82) is 0 Å². The van der Waals surface area contributed by atoms with Crippen molar-refractivity contribution < 1.29 is 9.90 Å². The van der Waals surface area contributed by atoms with Crippen molar-refractivity contribution in [2.24, 2.45) is 0 Å². The van der Waals surface area contributed by atoms with Crippen LogP contribution in [0.4, 0.5) is 0 Å². The van der Waals surface area contributed by atoms with Gasteiger partial charge in [0.25, 0.3) is 0 Å². The molecule has 0 radical (unpaired) electrons. The first kappa shape index (κ1) is 41.6. The summed E-state index contributed by atoms with van der Waals surface area (Å²) in [7, 11) is 0. The molecule has 0 aromatic heterocycles. The Labute approximate surface area is 254 Å². The lowest BCUT2D eigenvalue weighted by molar-refractivity contribution is -0.137. The normalized spacial score (nSPS) is 11.0. The van der Waals surface area contributed by atoms with Crippen molar-refractivity contribution in [3.05, 3.63) is 0 Å². The van der Waals surface area contributed by atoms with E-state index in [9.17, 15) is 4.79 Å². The summed E-state index contributed by atoms with van der Waals surface area (Å²) in [6.07, 6.45) is 46.6. The third-order valence-electron chi connectivity index (χ3n) is 8.45. The van der Waals surface area contributed by atoms with Crippen molar-refractivity contribution in [2.75, 3.05) is 0 Å². The summed E-state index contributed by atoms with van der Waals surface area (Å²) >= 11 is 0. The van der Waals surface area contributed by atoms with Crippen LogP contribution >= 0.6 is 0 Å². The maximum atomic E-state index is 10.3. The van der Waals surface area contributed by atoms with Crippen molar-refractivity contribution in [2.45, 2.75) is 239 Å². The van der Waals surface area contributed by atoms with Gasteiger partial charge in [-0.3, -0.25) is 4.79 Å². The van der Waals surface area contributed by atoms with Crippen LogP contribution in [0.1, 0.15) is 239 Å². The van der Waals surface area contributed by atoms with Crippen LogP contribution in [0.3, 0.4) is 0 Å². The van der Waals surface area contributed by atoms with Gasteiger partial charge in [0.2, 0.25) is 0 Å². The van der Waals surface area contributed by atoms with E-state index in [0.29, 0.717) is 6.42 Å². The number of rotatable bonds is 33. The van der Waals surface area contributed by atoms with E-state index in [1.54, 1.807) is 0 Å². The largest absolute Gasteiger partial charge is 0.481 e. The zero-order valence-electron chi connectivity index (χ0n) is 28.4. The number of carbonyl (C=O) groups is 1. The van der Waals surface area contributed by atoms with Crippen molar-refractivity contribution in [1.82, 2.24) is 0 Å². The van der Waals surface area contributed by atoms with Gasteiger partial charge in [-0.2, -0.15) is 0 Å². The predicted molar refractivity (Wildman–Crippen MR) is 182 cm³/mol. The van der Waals surface area contributed by atoms with Gasteiger partial charge >= 0.3 is 5.97 Å². The molecule has 0 aliphatic heterocycles. The predicted octanol–water partition coefficient (Wildman–Crippen LogP) is 14.4. The Bertz CT molecular complexity index is 415. The molecule has 0 fully saturated rings. The fourth-order valence-electron chi connectivity index (χ4n) is 5.62. The molecule has 0 aliphatic rings. The minimum absolute atomic E-state index is 0.345. The molecule has 0 aromatic rings. The van der Waals surface area contributed by atoms with Crippen molar-refractivity contribution in [3.63, 3.8) is 0 Å². The average molecular weight is 567 g/mol. The summed E-state index contributed by atoms with van der Waals surface area (Å²) < 4.78 is 0. The number of carboxylic acid groups (broad SMARTS) is 1. The van der Waals surface area contributed by atoms with Gasteiger partial charge in [0.1, 0.15) is 0 Å². The van der Waals surface area contributed by atoms with Crippen LogP contribution in [-0.4, -0.2) is 11.1 Å². The van der Waals surface area contributed by atoms with E-state index in [1.165, 1.54) is 199 Å². The van der Waals surface area contributed by atoms with E-state index in [0.717, 1.165) is 12.8 Å². The minimum Gasteiger partial charge on any atom is -0.481 e. The van der Waals surface area contributed by atoms with E-state index in [-0.39, 0.29) is 0 Å². The third-order valence-corrected chi connectivity index (χ3v) is 8.45. The second kappa shape index (κ2) is 40.6. The highest BCUT2D eigenvalue weighted by Gasteiger charge is 1.97. The van der Waals surface area contributed by atoms with E-state index >= 15 is 0 Å².